The molecule has 3 rings (SSSR count). The number of furan rings is 1. The molecule has 0 unspecified atom stereocenters. The molecule has 1 amide bonds. The molecule has 1 aromatic carbocycles. The highest BCUT2D eigenvalue weighted by molar-refractivity contribution is 5.90. The molecule has 1 saturated heterocycles. The molecule has 1 aliphatic heterocycles. The summed E-state index contributed by atoms with van der Waals surface area (Å²) < 4.78 is 18.8. The second-order valence-electron chi connectivity index (χ2n) is 7.41. The van der Waals surface area contributed by atoms with Gasteiger partial charge in [-0.25, -0.2) is 4.39 Å². The van der Waals surface area contributed by atoms with E-state index in [4.69, 9.17) is 10.2 Å². The van der Waals surface area contributed by atoms with E-state index in [0.717, 1.165) is 29.9 Å². The Morgan fingerprint density at radius 3 is 2.50 bits per heavy atom. The standard InChI is InChI=1S/C19H23FN2O2/c1-19(2,3)17-13(10-16(24-17)18(21)23)11-22-9-8-15(22)12-4-6-14(20)7-5-12/h4-7,10,15H,8-9,11H2,1-3H3,(H2,21,23)/t15-/m0/s1. The number of benzene rings is 1. The van der Waals surface area contributed by atoms with Gasteiger partial charge >= 0.3 is 0 Å². The van der Waals surface area contributed by atoms with Crippen molar-refractivity contribution < 1.29 is 13.6 Å². The van der Waals surface area contributed by atoms with Crippen LogP contribution in [0.2, 0.25) is 0 Å². The average Bonchev–Trinajstić information content (AvgIpc) is 2.90. The van der Waals surface area contributed by atoms with Gasteiger partial charge in [0.05, 0.1) is 0 Å². The first-order chi connectivity index (χ1) is 11.3. The fourth-order valence-corrected chi connectivity index (χ4v) is 3.21. The Kier molecular flexibility index (Phi) is 4.22. The maximum atomic E-state index is 13.1. The molecule has 1 aliphatic rings. The van der Waals surface area contributed by atoms with Gasteiger partial charge in [0.25, 0.3) is 5.91 Å². The van der Waals surface area contributed by atoms with Gasteiger partial charge in [0.15, 0.2) is 5.76 Å². The van der Waals surface area contributed by atoms with Gasteiger partial charge in [-0.2, -0.15) is 0 Å². The number of hydrogen-bond acceptors (Lipinski definition) is 3. The SMILES string of the molecule is CC(C)(C)c1oc(C(N)=O)cc1CN1CC[C@H]1c1ccc(F)cc1. The lowest BCUT2D eigenvalue weighted by Gasteiger charge is -2.41. The van der Waals surface area contributed by atoms with Gasteiger partial charge in [0.1, 0.15) is 11.6 Å². The average molecular weight is 330 g/mol. The van der Waals surface area contributed by atoms with Gasteiger partial charge in [-0.05, 0) is 30.2 Å². The van der Waals surface area contributed by atoms with Gasteiger partial charge in [-0.3, -0.25) is 9.69 Å². The van der Waals surface area contributed by atoms with Crippen molar-refractivity contribution in [1.29, 1.82) is 0 Å². The van der Waals surface area contributed by atoms with E-state index in [-0.39, 0.29) is 23.0 Å². The van der Waals surface area contributed by atoms with Crippen LogP contribution in [-0.2, 0) is 12.0 Å². The van der Waals surface area contributed by atoms with Crippen LogP contribution in [0.4, 0.5) is 4.39 Å². The summed E-state index contributed by atoms with van der Waals surface area (Å²) >= 11 is 0. The molecular weight excluding hydrogens is 307 g/mol. The maximum absolute atomic E-state index is 13.1. The molecule has 2 N–H and O–H groups in total. The van der Waals surface area contributed by atoms with E-state index in [1.165, 1.54) is 12.1 Å². The fourth-order valence-electron chi connectivity index (χ4n) is 3.21. The van der Waals surface area contributed by atoms with E-state index >= 15 is 0 Å². The van der Waals surface area contributed by atoms with Crippen LogP contribution >= 0.6 is 0 Å². The van der Waals surface area contributed by atoms with E-state index < -0.39 is 5.91 Å². The van der Waals surface area contributed by atoms with E-state index in [9.17, 15) is 9.18 Å². The molecular formula is C19H23FN2O2. The molecule has 0 aliphatic carbocycles. The first kappa shape index (κ1) is 16.7. The Bertz CT molecular complexity index is 744. The summed E-state index contributed by atoms with van der Waals surface area (Å²) in [6.45, 7) is 7.79. The number of halogens is 1. The van der Waals surface area contributed by atoms with Crippen LogP contribution in [0.3, 0.4) is 0 Å². The van der Waals surface area contributed by atoms with Crippen LogP contribution in [-0.4, -0.2) is 17.4 Å². The molecule has 2 aromatic rings. The van der Waals surface area contributed by atoms with E-state index in [1.54, 1.807) is 6.07 Å². The van der Waals surface area contributed by atoms with Crippen molar-refractivity contribution in [1.82, 2.24) is 4.90 Å². The first-order valence-corrected chi connectivity index (χ1v) is 8.18. The molecule has 24 heavy (non-hydrogen) atoms. The van der Waals surface area contributed by atoms with Crippen molar-refractivity contribution in [2.45, 2.75) is 45.2 Å². The van der Waals surface area contributed by atoms with Gasteiger partial charge in [-0.1, -0.05) is 32.9 Å². The number of primary amides is 1. The van der Waals surface area contributed by atoms with Gasteiger partial charge in [0.2, 0.25) is 0 Å². The van der Waals surface area contributed by atoms with Crippen LogP contribution in [0, 0.1) is 5.82 Å². The zero-order valence-corrected chi connectivity index (χ0v) is 14.3. The van der Waals surface area contributed by atoms with Crippen LogP contribution in [0.25, 0.3) is 0 Å². The van der Waals surface area contributed by atoms with Crippen LogP contribution in [0.1, 0.15) is 60.7 Å². The summed E-state index contributed by atoms with van der Waals surface area (Å²) in [5.41, 5.74) is 7.26. The van der Waals surface area contributed by atoms with Gasteiger partial charge in [0, 0.05) is 30.1 Å². The summed E-state index contributed by atoms with van der Waals surface area (Å²) in [6.07, 6.45) is 1.04. The maximum Gasteiger partial charge on any atom is 0.284 e. The first-order valence-electron chi connectivity index (χ1n) is 8.18. The summed E-state index contributed by atoms with van der Waals surface area (Å²) in [7, 11) is 0. The number of rotatable bonds is 4. The number of nitrogens with two attached hydrogens (primary N) is 1. The second-order valence-corrected chi connectivity index (χ2v) is 7.41. The number of hydrogen-bond donors (Lipinski definition) is 1. The lowest BCUT2D eigenvalue weighted by Crippen LogP contribution is -2.40. The highest BCUT2D eigenvalue weighted by atomic mass is 19.1. The zero-order valence-electron chi connectivity index (χ0n) is 14.3. The molecule has 1 aromatic heterocycles. The smallest absolute Gasteiger partial charge is 0.284 e. The predicted octanol–water partition coefficient (Wildman–Crippen LogP) is 3.76. The summed E-state index contributed by atoms with van der Waals surface area (Å²) in [4.78, 5) is 13.8. The van der Waals surface area contributed by atoms with Crippen LogP contribution in [0.15, 0.2) is 34.7 Å². The predicted molar refractivity (Wildman–Crippen MR) is 90.1 cm³/mol. The minimum Gasteiger partial charge on any atom is -0.455 e. The Labute approximate surface area is 141 Å². The molecule has 128 valence electrons. The van der Waals surface area contributed by atoms with E-state index in [2.05, 4.69) is 4.90 Å². The van der Waals surface area contributed by atoms with Crippen LogP contribution < -0.4 is 5.73 Å². The number of nitrogens with zero attached hydrogens (tertiary/aromatic N) is 1. The Morgan fingerprint density at radius 1 is 1.33 bits per heavy atom. The highest BCUT2D eigenvalue weighted by Gasteiger charge is 2.32. The third-order valence-electron chi connectivity index (χ3n) is 4.49. The molecule has 0 saturated carbocycles. The lowest BCUT2D eigenvalue weighted by molar-refractivity contribution is 0.0806. The largest absolute Gasteiger partial charge is 0.455 e. The van der Waals surface area contributed by atoms with Gasteiger partial charge < -0.3 is 10.2 Å². The minimum atomic E-state index is -0.551. The van der Waals surface area contributed by atoms with Crippen molar-refractivity contribution >= 4 is 5.91 Å². The Balaban J connectivity index is 1.83. The number of carbonyl (C=O) groups is 1. The molecule has 1 fully saturated rings. The third kappa shape index (κ3) is 3.22. The second kappa shape index (κ2) is 6.06. The molecule has 0 radical (unpaired) electrons. The molecule has 0 bridgehead atoms. The van der Waals surface area contributed by atoms with E-state index in [0.29, 0.717) is 6.54 Å². The number of likely N-dealkylation sites (tertiary alicyclic amines) is 1. The highest BCUT2D eigenvalue weighted by Crippen LogP contribution is 2.37. The van der Waals surface area contributed by atoms with Crippen LogP contribution in [0.5, 0.6) is 0 Å². The molecule has 2 heterocycles. The Hall–Kier alpha value is -2.14. The summed E-state index contributed by atoms with van der Waals surface area (Å²) in [5.74, 6) is 0.223. The number of carbonyl (C=O) groups excluding carboxylic acids is 1. The monoisotopic (exact) mass is 330 g/mol. The van der Waals surface area contributed by atoms with Crippen molar-refractivity contribution in [3.05, 3.63) is 58.8 Å². The van der Waals surface area contributed by atoms with Crippen molar-refractivity contribution in [2.75, 3.05) is 6.54 Å². The molecule has 5 heteroatoms. The summed E-state index contributed by atoms with van der Waals surface area (Å²) in [5, 5.41) is 0. The fraction of sp³-hybridized carbons (Fsp3) is 0.421. The van der Waals surface area contributed by atoms with Crippen molar-refractivity contribution in [3.63, 3.8) is 0 Å². The van der Waals surface area contributed by atoms with Crippen molar-refractivity contribution in [3.8, 4) is 0 Å². The molecule has 0 spiro atoms. The van der Waals surface area contributed by atoms with Crippen molar-refractivity contribution in [2.24, 2.45) is 5.73 Å². The minimum absolute atomic E-state index is 0.203. The third-order valence-corrected chi connectivity index (χ3v) is 4.49. The number of amides is 1. The van der Waals surface area contributed by atoms with E-state index in [1.807, 2.05) is 32.9 Å². The molecule has 4 nitrogen and oxygen atoms in total. The normalized spacial score (nSPS) is 18.4. The molecule has 1 atom stereocenters. The Morgan fingerprint density at radius 2 is 2.00 bits per heavy atom. The quantitative estimate of drug-likeness (QED) is 0.928. The lowest BCUT2D eigenvalue weighted by atomic mass is 9.89. The summed E-state index contributed by atoms with van der Waals surface area (Å²) in [6, 6.07) is 8.68. The zero-order chi connectivity index (χ0) is 17.5. The van der Waals surface area contributed by atoms with Gasteiger partial charge in [-0.15, -0.1) is 0 Å². The topological polar surface area (TPSA) is 59.5 Å².